The first-order chi connectivity index (χ1) is 5.89. The van der Waals surface area contributed by atoms with Gasteiger partial charge in [0, 0.05) is 6.26 Å². The molecule has 0 amide bonds. The van der Waals surface area contributed by atoms with Crippen molar-refractivity contribution in [1.29, 1.82) is 0 Å². The molecule has 0 unspecified atom stereocenters. The summed E-state index contributed by atoms with van der Waals surface area (Å²) in [7, 11) is -2.90. The van der Waals surface area contributed by atoms with Crippen molar-refractivity contribution in [2.75, 3.05) is 12.8 Å². The molecule has 0 aliphatic heterocycles. The summed E-state index contributed by atoms with van der Waals surface area (Å²) in [5.41, 5.74) is 5.55. The van der Waals surface area contributed by atoms with Crippen LogP contribution in [0.25, 0.3) is 0 Å². The van der Waals surface area contributed by atoms with Crippen molar-refractivity contribution < 1.29 is 8.42 Å². The number of sulfone groups is 1. The van der Waals surface area contributed by atoms with Gasteiger partial charge in [0.1, 0.15) is 0 Å². The van der Waals surface area contributed by atoms with Crippen molar-refractivity contribution in [1.82, 2.24) is 0 Å². The van der Waals surface area contributed by atoms with Gasteiger partial charge in [-0.15, -0.1) is 0 Å². The van der Waals surface area contributed by atoms with Crippen LogP contribution < -0.4 is 5.73 Å². The number of hydrogen-bond donors (Lipinski definition) is 1. The van der Waals surface area contributed by atoms with Crippen LogP contribution >= 0.6 is 0 Å². The molecule has 2 N–H and O–H groups in total. The van der Waals surface area contributed by atoms with E-state index in [2.05, 4.69) is 0 Å². The second-order valence-corrected chi connectivity index (χ2v) is 6.93. The van der Waals surface area contributed by atoms with Gasteiger partial charge in [-0.1, -0.05) is 0 Å². The van der Waals surface area contributed by atoms with Gasteiger partial charge in [0.05, 0.1) is 4.75 Å². The Balaban J connectivity index is 2.68. The average Bonchev–Trinajstić information content (AvgIpc) is 2.04. The van der Waals surface area contributed by atoms with Gasteiger partial charge in [-0.25, -0.2) is 8.42 Å². The molecule has 13 heavy (non-hydrogen) atoms. The number of hydrogen-bond acceptors (Lipinski definition) is 3. The van der Waals surface area contributed by atoms with E-state index in [-0.39, 0.29) is 0 Å². The molecule has 1 saturated carbocycles. The summed E-state index contributed by atoms with van der Waals surface area (Å²) in [5, 5.41) is 0. The van der Waals surface area contributed by atoms with Crippen molar-refractivity contribution in [3.05, 3.63) is 0 Å². The first-order valence-corrected chi connectivity index (χ1v) is 6.68. The van der Waals surface area contributed by atoms with E-state index in [9.17, 15) is 8.42 Å². The Labute approximate surface area is 80.6 Å². The summed E-state index contributed by atoms with van der Waals surface area (Å²) in [4.78, 5) is 0. The molecule has 1 aliphatic carbocycles. The Morgan fingerprint density at radius 2 is 1.85 bits per heavy atom. The summed E-state index contributed by atoms with van der Waals surface area (Å²) in [6.07, 6.45) is 4.80. The summed E-state index contributed by atoms with van der Waals surface area (Å²) in [6.45, 7) is 2.55. The summed E-state index contributed by atoms with van der Waals surface area (Å²) >= 11 is 0. The molecular formula is C9H19NO2S. The van der Waals surface area contributed by atoms with Gasteiger partial charge < -0.3 is 5.73 Å². The fraction of sp³-hybridized carbons (Fsp3) is 1.00. The fourth-order valence-electron chi connectivity index (χ4n) is 1.89. The normalized spacial score (nSPS) is 36.1. The van der Waals surface area contributed by atoms with Crippen LogP contribution in [0.2, 0.25) is 0 Å². The summed E-state index contributed by atoms with van der Waals surface area (Å²) in [5.74, 6) is 0.537. The SMILES string of the molecule is CC1(S(C)(=O)=O)CCC(CN)CC1. The Morgan fingerprint density at radius 3 is 2.15 bits per heavy atom. The highest BCUT2D eigenvalue weighted by Crippen LogP contribution is 2.36. The Hall–Kier alpha value is -0.0900. The van der Waals surface area contributed by atoms with Crippen molar-refractivity contribution >= 4 is 9.84 Å². The molecule has 78 valence electrons. The highest BCUT2D eigenvalue weighted by Gasteiger charge is 2.38. The van der Waals surface area contributed by atoms with Gasteiger partial charge in [-0.2, -0.15) is 0 Å². The van der Waals surface area contributed by atoms with Gasteiger partial charge in [0.25, 0.3) is 0 Å². The lowest BCUT2D eigenvalue weighted by Gasteiger charge is -2.35. The van der Waals surface area contributed by atoms with Crippen molar-refractivity contribution in [2.24, 2.45) is 11.7 Å². The standard InChI is InChI=1S/C9H19NO2S/c1-9(13(2,11)12)5-3-8(7-10)4-6-9/h8H,3-7,10H2,1-2H3. The first-order valence-electron chi connectivity index (χ1n) is 4.79. The molecule has 0 aromatic heterocycles. The van der Waals surface area contributed by atoms with Gasteiger partial charge in [-0.3, -0.25) is 0 Å². The van der Waals surface area contributed by atoms with Gasteiger partial charge >= 0.3 is 0 Å². The minimum absolute atomic E-state index is 0.487. The molecule has 0 radical (unpaired) electrons. The molecule has 0 heterocycles. The maximum absolute atomic E-state index is 11.5. The quantitative estimate of drug-likeness (QED) is 0.730. The van der Waals surface area contributed by atoms with E-state index in [0.29, 0.717) is 12.5 Å². The second-order valence-electron chi connectivity index (χ2n) is 4.40. The zero-order valence-corrected chi connectivity index (χ0v) is 9.23. The van der Waals surface area contributed by atoms with E-state index in [0.717, 1.165) is 25.7 Å². The van der Waals surface area contributed by atoms with Crippen LogP contribution in [-0.4, -0.2) is 26.0 Å². The minimum atomic E-state index is -2.90. The predicted octanol–water partition coefficient (Wildman–Crippen LogP) is 0.939. The molecule has 4 heteroatoms. The third kappa shape index (κ3) is 2.23. The molecule has 0 saturated heterocycles. The maximum atomic E-state index is 11.5. The van der Waals surface area contributed by atoms with Crippen LogP contribution in [0.15, 0.2) is 0 Å². The van der Waals surface area contributed by atoms with Crippen LogP contribution in [0.1, 0.15) is 32.6 Å². The van der Waals surface area contributed by atoms with Crippen LogP contribution in [0.3, 0.4) is 0 Å². The molecule has 0 atom stereocenters. The highest BCUT2D eigenvalue weighted by molar-refractivity contribution is 7.92. The molecular weight excluding hydrogens is 186 g/mol. The van der Waals surface area contributed by atoms with Crippen molar-refractivity contribution in [3.63, 3.8) is 0 Å². The van der Waals surface area contributed by atoms with E-state index >= 15 is 0 Å². The first kappa shape index (κ1) is 11.0. The monoisotopic (exact) mass is 205 g/mol. The lowest BCUT2D eigenvalue weighted by Crippen LogP contribution is -2.39. The second kappa shape index (κ2) is 3.58. The summed E-state index contributed by atoms with van der Waals surface area (Å²) in [6, 6.07) is 0. The topological polar surface area (TPSA) is 60.2 Å². The third-order valence-electron chi connectivity index (χ3n) is 3.39. The van der Waals surface area contributed by atoms with Crippen LogP contribution in [0.4, 0.5) is 0 Å². The summed E-state index contributed by atoms with van der Waals surface area (Å²) < 4.78 is 22.5. The molecule has 0 aromatic rings. The molecule has 1 fully saturated rings. The van der Waals surface area contributed by atoms with Crippen LogP contribution in [0.5, 0.6) is 0 Å². The number of nitrogens with two attached hydrogens (primary N) is 1. The molecule has 1 rings (SSSR count). The van der Waals surface area contributed by atoms with E-state index in [1.54, 1.807) is 0 Å². The molecule has 1 aliphatic rings. The third-order valence-corrected chi connectivity index (χ3v) is 5.59. The average molecular weight is 205 g/mol. The van der Waals surface area contributed by atoms with Gasteiger partial charge in [0.2, 0.25) is 0 Å². The Morgan fingerprint density at radius 1 is 1.38 bits per heavy atom. The smallest absolute Gasteiger partial charge is 0.152 e. The maximum Gasteiger partial charge on any atom is 0.152 e. The largest absolute Gasteiger partial charge is 0.330 e. The lowest BCUT2D eigenvalue weighted by atomic mass is 9.82. The van der Waals surface area contributed by atoms with Crippen LogP contribution in [-0.2, 0) is 9.84 Å². The van der Waals surface area contributed by atoms with E-state index in [4.69, 9.17) is 5.73 Å². The molecule has 0 spiro atoms. The van der Waals surface area contributed by atoms with E-state index in [1.165, 1.54) is 6.26 Å². The zero-order valence-electron chi connectivity index (χ0n) is 8.41. The predicted molar refractivity (Wildman–Crippen MR) is 54.3 cm³/mol. The van der Waals surface area contributed by atoms with E-state index in [1.807, 2.05) is 6.92 Å². The van der Waals surface area contributed by atoms with Crippen LogP contribution in [0, 0.1) is 5.92 Å². The number of rotatable bonds is 2. The Kier molecular flexibility index (Phi) is 3.02. The molecule has 3 nitrogen and oxygen atoms in total. The molecule has 0 aromatic carbocycles. The fourth-order valence-corrected chi connectivity index (χ4v) is 2.87. The van der Waals surface area contributed by atoms with Crippen molar-refractivity contribution in [3.8, 4) is 0 Å². The minimum Gasteiger partial charge on any atom is -0.330 e. The van der Waals surface area contributed by atoms with E-state index < -0.39 is 14.6 Å². The molecule has 0 bridgehead atoms. The van der Waals surface area contributed by atoms with Gasteiger partial charge in [-0.05, 0) is 45.1 Å². The van der Waals surface area contributed by atoms with Crippen molar-refractivity contribution in [2.45, 2.75) is 37.4 Å². The lowest BCUT2D eigenvalue weighted by molar-refractivity contribution is 0.309. The zero-order chi connectivity index (χ0) is 10.1. The highest BCUT2D eigenvalue weighted by atomic mass is 32.2. The van der Waals surface area contributed by atoms with Gasteiger partial charge in [0.15, 0.2) is 9.84 Å². The Bertz CT molecular complexity index is 263.